The maximum absolute atomic E-state index is 13.1. The third kappa shape index (κ3) is 2.73. The molecule has 0 radical (unpaired) electrons. The molecule has 0 spiro atoms. The number of rotatable bonds is 2. The zero-order chi connectivity index (χ0) is 18.3. The molecular weight excluding hydrogens is 332 g/mol. The normalized spacial score (nSPS) is 21.4. The van der Waals surface area contributed by atoms with Gasteiger partial charge in [0.05, 0.1) is 5.56 Å². The Morgan fingerprint density at radius 2 is 1.62 bits per heavy atom. The lowest BCUT2D eigenvalue weighted by Gasteiger charge is -2.37. The first-order chi connectivity index (χ1) is 12.5. The zero-order valence-corrected chi connectivity index (χ0v) is 14.1. The van der Waals surface area contributed by atoms with Gasteiger partial charge in [-0.2, -0.15) is 0 Å². The monoisotopic (exact) mass is 350 g/mol. The summed E-state index contributed by atoms with van der Waals surface area (Å²) in [4.78, 5) is 38.7. The molecule has 0 unspecified atom stereocenters. The van der Waals surface area contributed by atoms with Crippen molar-refractivity contribution in [2.75, 3.05) is 0 Å². The summed E-state index contributed by atoms with van der Waals surface area (Å²) in [6.45, 7) is 0.276. The zero-order valence-electron chi connectivity index (χ0n) is 14.1. The number of fused-ring (bicyclic) bond motifs is 2. The number of carbonyl (C=O) groups excluding carboxylic acids is 3. The summed E-state index contributed by atoms with van der Waals surface area (Å²) in [5.74, 6) is -1.46. The molecule has 2 aliphatic rings. The predicted molar refractivity (Wildman–Crippen MR) is 93.0 cm³/mol. The highest BCUT2D eigenvalue weighted by Gasteiger charge is 2.40. The van der Waals surface area contributed by atoms with E-state index in [0.717, 1.165) is 16.7 Å². The number of hydrogen-bond acceptors (Lipinski definition) is 4. The van der Waals surface area contributed by atoms with Crippen LogP contribution in [0.1, 0.15) is 27.0 Å². The van der Waals surface area contributed by atoms with Crippen LogP contribution < -0.4 is 5.73 Å². The van der Waals surface area contributed by atoms with Gasteiger partial charge in [0.15, 0.2) is 6.10 Å². The van der Waals surface area contributed by atoms with Crippen LogP contribution in [0.5, 0.6) is 0 Å². The van der Waals surface area contributed by atoms with E-state index < -0.39 is 24.0 Å². The first-order valence-corrected chi connectivity index (χ1v) is 8.50. The highest BCUT2D eigenvalue weighted by Crippen LogP contribution is 2.27. The Morgan fingerprint density at radius 1 is 0.962 bits per heavy atom. The minimum absolute atomic E-state index is 0.276. The highest BCUT2D eigenvalue weighted by atomic mass is 16.5. The summed E-state index contributed by atoms with van der Waals surface area (Å²) < 4.78 is 5.36. The fraction of sp³-hybridized carbons (Fsp3) is 0.250. The molecule has 0 saturated carbocycles. The van der Waals surface area contributed by atoms with Gasteiger partial charge in [-0.15, -0.1) is 0 Å². The van der Waals surface area contributed by atoms with E-state index in [1.165, 1.54) is 4.90 Å². The fourth-order valence-electron chi connectivity index (χ4n) is 3.66. The largest absolute Gasteiger partial charge is 0.448 e. The third-order valence-electron chi connectivity index (χ3n) is 5.03. The second kappa shape index (κ2) is 6.29. The van der Waals surface area contributed by atoms with E-state index in [0.29, 0.717) is 18.4 Å². The molecule has 2 amide bonds. The summed E-state index contributed by atoms with van der Waals surface area (Å²) in [5, 5.41) is 0. The van der Waals surface area contributed by atoms with E-state index >= 15 is 0 Å². The predicted octanol–water partition coefficient (Wildman–Crippen LogP) is 1.21. The molecule has 2 aliphatic heterocycles. The molecular formula is C20H18N2O4. The molecule has 6 heteroatoms. The number of benzene rings is 2. The molecule has 0 aliphatic carbocycles. The van der Waals surface area contributed by atoms with Crippen LogP contribution in [0.3, 0.4) is 0 Å². The van der Waals surface area contributed by atoms with Crippen LogP contribution in [0, 0.1) is 0 Å². The van der Waals surface area contributed by atoms with Gasteiger partial charge in [0.1, 0.15) is 6.04 Å². The van der Waals surface area contributed by atoms with Gasteiger partial charge in [0.25, 0.3) is 5.91 Å². The van der Waals surface area contributed by atoms with E-state index in [9.17, 15) is 14.4 Å². The van der Waals surface area contributed by atoms with Crippen molar-refractivity contribution in [3.8, 4) is 0 Å². The van der Waals surface area contributed by atoms with Gasteiger partial charge < -0.3 is 15.4 Å². The maximum Gasteiger partial charge on any atom is 0.339 e. The molecule has 2 atom stereocenters. The minimum atomic E-state index is -0.940. The van der Waals surface area contributed by atoms with Crippen LogP contribution in [0.15, 0.2) is 48.5 Å². The SMILES string of the molecule is NC(=O)[C@@H]1Cc2ccccc2CN1C(=O)[C@H]1Cc2ccccc2C(=O)O1. The second-order valence-corrected chi connectivity index (χ2v) is 6.61. The van der Waals surface area contributed by atoms with Gasteiger partial charge in [-0.25, -0.2) is 4.79 Å². The van der Waals surface area contributed by atoms with Crippen molar-refractivity contribution >= 4 is 17.8 Å². The van der Waals surface area contributed by atoms with Gasteiger partial charge in [-0.1, -0.05) is 42.5 Å². The Balaban J connectivity index is 1.63. The highest BCUT2D eigenvalue weighted by molar-refractivity contribution is 5.97. The first-order valence-electron chi connectivity index (χ1n) is 8.50. The number of amides is 2. The first kappa shape index (κ1) is 16.3. The average molecular weight is 350 g/mol. The van der Waals surface area contributed by atoms with Crippen molar-refractivity contribution in [2.45, 2.75) is 31.5 Å². The van der Waals surface area contributed by atoms with Crippen LogP contribution >= 0.6 is 0 Å². The Bertz CT molecular complexity index is 908. The molecule has 2 heterocycles. The topological polar surface area (TPSA) is 89.7 Å². The lowest BCUT2D eigenvalue weighted by molar-refractivity contribution is -0.148. The van der Waals surface area contributed by atoms with Crippen molar-refractivity contribution in [3.63, 3.8) is 0 Å². The molecule has 2 aromatic rings. The number of esters is 1. The van der Waals surface area contributed by atoms with Crippen molar-refractivity contribution in [1.82, 2.24) is 4.90 Å². The molecule has 6 nitrogen and oxygen atoms in total. The molecule has 132 valence electrons. The van der Waals surface area contributed by atoms with Crippen molar-refractivity contribution in [2.24, 2.45) is 5.73 Å². The van der Waals surface area contributed by atoms with Gasteiger partial charge >= 0.3 is 5.97 Å². The number of ether oxygens (including phenoxy) is 1. The smallest absolute Gasteiger partial charge is 0.339 e. The quantitative estimate of drug-likeness (QED) is 0.825. The van der Waals surface area contributed by atoms with Gasteiger partial charge in [0, 0.05) is 19.4 Å². The summed E-state index contributed by atoms with van der Waals surface area (Å²) >= 11 is 0. The number of carbonyl (C=O) groups is 3. The molecule has 0 bridgehead atoms. The average Bonchev–Trinajstić information content (AvgIpc) is 2.66. The van der Waals surface area contributed by atoms with Crippen molar-refractivity contribution in [3.05, 3.63) is 70.8 Å². The second-order valence-electron chi connectivity index (χ2n) is 6.61. The van der Waals surface area contributed by atoms with Gasteiger partial charge in [0.2, 0.25) is 5.91 Å². The summed E-state index contributed by atoms with van der Waals surface area (Å²) in [6.07, 6.45) is -0.275. The number of hydrogen-bond donors (Lipinski definition) is 1. The summed E-state index contributed by atoms with van der Waals surface area (Å²) in [7, 11) is 0. The third-order valence-corrected chi connectivity index (χ3v) is 5.03. The van der Waals surface area contributed by atoms with Crippen LogP contribution in [-0.4, -0.2) is 34.8 Å². The lowest BCUT2D eigenvalue weighted by atomic mass is 9.92. The molecule has 26 heavy (non-hydrogen) atoms. The van der Waals surface area contributed by atoms with E-state index in [4.69, 9.17) is 10.5 Å². The lowest BCUT2D eigenvalue weighted by Crippen LogP contribution is -2.55. The maximum atomic E-state index is 13.1. The Morgan fingerprint density at radius 3 is 2.35 bits per heavy atom. The Hall–Kier alpha value is -3.15. The molecule has 2 aromatic carbocycles. The standard InChI is InChI=1S/C20H18N2O4/c21-18(23)16-9-12-5-1-2-7-14(12)11-22(16)19(24)17-10-13-6-3-4-8-15(13)20(25)26-17/h1-8,16-17H,9-11H2,(H2,21,23)/t16-,17+/m0/s1. The van der Waals surface area contributed by atoms with E-state index in [-0.39, 0.29) is 12.5 Å². The number of nitrogens with zero attached hydrogens (tertiary/aromatic N) is 1. The van der Waals surface area contributed by atoms with Gasteiger partial charge in [-0.05, 0) is 22.8 Å². The summed E-state index contributed by atoms with van der Waals surface area (Å²) in [6, 6.07) is 14.0. The van der Waals surface area contributed by atoms with Crippen LogP contribution in [-0.2, 0) is 33.7 Å². The molecule has 0 saturated heterocycles. The molecule has 4 rings (SSSR count). The van der Waals surface area contributed by atoms with Crippen molar-refractivity contribution < 1.29 is 19.1 Å². The Labute approximate surface area is 150 Å². The van der Waals surface area contributed by atoms with Gasteiger partial charge in [-0.3, -0.25) is 9.59 Å². The molecule has 0 aromatic heterocycles. The van der Waals surface area contributed by atoms with E-state index in [1.54, 1.807) is 12.1 Å². The molecule has 2 N–H and O–H groups in total. The Kier molecular flexibility index (Phi) is 3.95. The number of primary amides is 1. The minimum Gasteiger partial charge on any atom is -0.448 e. The fourth-order valence-corrected chi connectivity index (χ4v) is 3.66. The summed E-state index contributed by atoms with van der Waals surface area (Å²) in [5.41, 5.74) is 8.78. The van der Waals surface area contributed by atoms with Crippen LogP contribution in [0.4, 0.5) is 0 Å². The van der Waals surface area contributed by atoms with Crippen LogP contribution in [0.25, 0.3) is 0 Å². The van der Waals surface area contributed by atoms with E-state index in [2.05, 4.69) is 0 Å². The number of nitrogens with two attached hydrogens (primary N) is 1. The molecule has 0 fully saturated rings. The van der Waals surface area contributed by atoms with E-state index in [1.807, 2.05) is 36.4 Å². The van der Waals surface area contributed by atoms with Crippen molar-refractivity contribution in [1.29, 1.82) is 0 Å². The van der Waals surface area contributed by atoms with Crippen LogP contribution in [0.2, 0.25) is 0 Å². The number of cyclic esters (lactones) is 1.